The summed E-state index contributed by atoms with van der Waals surface area (Å²) in [7, 11) is 1.35. The van der Waals surface area contributed by atoms with E-state index in [2.05, 4.69) is 29.6 Å². The van der Waals surface area contributed by atoms with E-state index in [1.165, 1.54) is 7.11 Å². The van der Waals surface area contributed by atoms with Crippen LogP contribution >= 0.6 is 0 Å². The zero-order valence-electron chi connectivity index (χ0n) is 16.2. The lowest BCUT2D eigenvalue weighted by molar-refractivity contribution is 0.0598. The first-order valence-electron chi connectivity index (χ1n) is 9.48. The number of nitrogens with zero attached hydrogens (tertiary/aromatic N) is 3. The lowest BCUT2D eigenvalue weighted by atomic mass is 9.96. The van der Waals surface area contributed by atoms with Crippen molar-refractivity contribution in [1.82, 2.24) is 14.5 Å². The first kappa shape index (κ1) is 19.1. The minimum absolute atomic E-state index is 0.0235. The summed E-state index contributed by atoms with van der Waals surface area (Å²) in [6.07, 6.45) is 5.89. The number of amides is 1. The monoisotopic (exact) mass is 369 g/mol. The topological polar surface area (TPSA) is 64.4 Å². The molecule has 6 heteroatoms. The first-order chi connectivity index (χ1) is 13.0. The van der Waals surface area contributed by atoms with E-state index in [-0.39, 0.29) is 5.91 Å². The van der Waals surface area contributed by atoms with E-state index >= 15 is 0 Å². The van der Waals surface area contributed by atoms with Crippen LogP contribution in [-0.4, -0.2) is 46.5 Å². The molecular formula is C21H27N3O3. The van der Waals surface area contributed by atoms with Gasteiger partial charge >= 0.3 is 5.97 Å². The maximum Gasteiger partial charge on any atom is 0.337 e. The Labute approximate surface area is 160 Å². The van der Waals surface area contributed by atoms with Crippen LogP contribution < -0.4 is 0 Å². The summed E-state index contributed by atoms with van der Waals surface area (Å²) in [5.41, 5.74) is 1.06. The molecule has 0 N–H and O–H groups in total. The van der Waals surface area contributed by atoms with Crippen molar-refractivity contribution in [2.24, 2.45) is 5.92 Å². The molecule has 0 aliphatic carbocycles. The minimum atomic E-state index is -0.393. The second-order valence-corrected chi connectivity index (χ2v) is 7.40. The molecule has 6 nitrogen and oxygen atoms in total. The highest BCUT2D eigenvalue weighted by molar-refractivity contribution is 5.96. The molecule has 2 aromatic rings. The van der Waals surface area contributed by atoms with Gasteiger partial charge in [0.15, 0.2) is 0 Å². The van der Waals surface area contributed by atoms with E-state index in [0.717, 1.165) is 38.3 Å². The number of piperidine rings is 1. The van der Waals surface area contributed by atoms with Crippen molar-refractivity contribution in [3.05, 3.63) is 53.6 Å². The Morgan fingerprint density at radius 3 is 2.37 bits per heavy atom. The Kier molecular flexibility index (Phi) is 5.94. The van der Waals surface area contributed by atoms with Crippen LogP contribution in [0.2, 0.25) is 0 Å². The van der Waals surface area contributed by atoms with Crippen molar-refractivity contribution in [1.29, 1.82) is 0 Å². The van der Waals surface area contributed by atoms with Crippen LogP contribution in [0.1, 0.15) is 59.1 Å². The molecule has 0 atom stereocenters. The number of ether oxygens (including phenoxy) is 1. The quantitative estimate of drug-likeness (QED) is 0.758. The predicted molar refractivity (Wildman–Crippen MR) is 103 cm³/mol. The second kappa shape index (κ2) is 8.37. The molecule has 1 fully saturated rings. The summed E-state index contributed by atoms with van der Waals surface area (Å²) in [5, 5.41) is 0. The zero-order valence-corrected chi connectivity index (χ0v) is 16.2. The average molecular weight is 369 g/mol. The maximum atomic E-state index is 12.7. The molecule has 0 saturated carbocycles. The number of imidazole rings is 1. The van der Waals surface area contributed by atoms with Crippen LogP contribution in [0.3, 0.4) is 0 Å². The highest BCUT2D eigenvalue weighted by Gasteiger charge is 2.24. The lowest BCUT2D eigenvalue weighted by Crippen LogP contribution is -2.39. The highest BCUT2D eigenvalue weighted by Crippen LogP contribution is 2.23. The summed E-state index contributed by atoms with van der Waals surface area (Å²) in [6, 6.07) is 6.67. The molecular weight excluding hydrogens is 342 g/mol. The summed E-state index contributed by atoms with van der Waals surface area (Å²) < 4.78 is 6.94. The third-order valence-electron chi connectivity index (χ3n) is 5.17. The Morgan fingerprint density at radius 2 is 1.78 bits per heavy atom. The van der Waals surface area contributed by atoms with Gasteiger partial charge in [-0.1, -0.05) is 13.8 Å². The van der Waals surface area contributed by atoms with Gasteiger partial charge in [0.05, 0.1) is 12.7 Å². The van der Waals surface area contributed by atoms with Gasteiger partial charge in [-0.15, -0.1) is 0 Å². The van der Waals surface area contributed by atoms with E-state index in [9.17, 15) is 9.59 Å². The Morgan fingerprint density at radius 1 is 1.15 bits per heavy atom. The number of carbonyl (C=O) groups excluding carboxylic acids is 2. The Hall–Kier alpha value is -2.63. The maximum absolute atomic E-state index is 12.7. The highest BCUT2D eigenvalue weighted by atomic mass is 16.5. The average Bonchev–Trinajstić information content (AvgIpc) is 3.16. The number of methoxy groups -OCH3 is 1. The van der Waals surface area contributed by atoms with Gasteiger partial charge in [0.2, 0.25) is 0 Å². The van der Waals surface area contributed by atoms with E-state index in [1.807, 2.05) is 11.1 Å². The number of carbonyl (C=O) groups is 2. The van der Waals surface area contributed by atoms with Gasteiger partial charge in [0.25, 0.3) is 5.91 Å². The molecule has 1 aliphatic heterocycles. The second-order valence-electron chi connectivity index (χ2n) is 7.40. The zero-order chi connectivity index (χ0) is 19.4. The van der Waals surface area contributed by atoms with Crippen LogP contribution in [-0.2, 0) is 11.3 Å². The molecule has 1 amide bonds. The van der Waals surface area contributed by atoms with Crippen molar-refractivity contribution in [2.45, 2.75) is 39.2 Å². The molecule has 1 aromatic carbocycles. The molecule has 144 valence electrons. The summed E-state index contributed by atoms with van der Waals surface area (Å²) in [5.74, 6) is 1.72. The fraction of sp³-hybridized carbons (Fsp3) is 0.476. The number of rotatable bonds is 5. The van der Waals surface area contributed by atoms with Gasteiger partial charge in [-0.2, -0.15) is 0 Å². The number of likely N-dealkylation sites (tertiary alicyclic amines) is 1. The fourth-order valence-electron chi connectivity index (χ4n) is 3.62. The van der Waals surface area contributed by atoms with Crippen molar-refractivity contribution >= 4 is 11.9 Å². The van der Waals surface area contributed by atoms with E-state index in [0.29, 0.717) is 23.0 Å². The van der Waals surface area contributed by atoms with E-state index in [1.54, 1.807) is 24.3 Å². The molecule has 3 rings (SSSR count). The molecule has 1 saturated heterocycles. The van der Waals surface area contributed by atoms with Crippen molar-refractivity contribution < 1.29 is 14.3 Å². The lowest BCUT2D eigenvalue weighted by Gasteiger charge is -2.32. The third-order valence-corrected chi connectivity index (χ3v) is 5.17. The van der Waals surface area contributed by atoms with Gasteiger partial charge in [-0.05, 0) is 43.0 Å². The van der Waals surface area contributed by atoms with Crippen molar-refractivity contribution in [2.75, 3.05) is 20.2 Å². The molecule has 1 aliphatic rings. The van der Waals surface area contributed by atoms with Gasteiger partial charge in [-0.3, -0.25) is 4.79 Å². The van der Waals surface area contributed by atoms with Crippen molar-refractivity contribution in [3.8, 4) is 0 Å². The van der Waals surface area contributed by atoms with E-state index in [4.69, 9.17) is 4.74 Å². The fourth-order valence-corrected chi connectivity index (χ4v) is 3.62. The van der Waals surface area contributed by atoms with Crippen LogP contribution in [0.4, 0.5) is 0 Å². The molecule has 1 aromatic heterocycles. The molecule has 2 heterocycles. The number of hydrogen-bond acceptors (Lipinski definition) is 4. The Balaban J connectivity index is 1.56. The number of benzene rings is 1. The molecule has 0 radical (unpaired) electrons. The summed E-state index contributed by atoms with van der Waals surface area (Å²) in [6.45, 7) is 6.79. The summed E-state index contributed by atoms with van der Waals surface area (Å²) >= 11 is 0. The molecule has 0 unspecified atom stereocenters. The van der Waals surface area contributed by atoms with Crippen molar-refractivity contribution in [3.63, 3.8) is 0 Å². The molecule has 0 spiro atoms. The first-order valence-corrected chi connectivity index (χ1v) is 9.48. The number of hydrogen-bond donors (Lipinski definition) is 0. The van der Waals surface area contributed by atoms with Crippen LogP contribution in [0.15, 0.2) is 36.7 Å². The summed E-state index contributed by atoms with van der Waals surface area (Å²) in [4.78, 5) is 30.6. The predicted octanol–water partition coefficient (Wildman–Crippen LogP) is 3.35. The van der Waals surface area contributed by atoms with Crippen LogP contribution in [0.25, 0.3) is 0 Å². The van der Waals surface area contributed by atoms with E-state index < -0.39 is 5.97 Å². The van der Waals surface area contributed by atoms with Crippen LogP contribution in [0.5, 0.6) is 0 Å². The third kappa shape index (κ3) is 4.38. The smallest absolute Gasteiger partial charge is 0.337 e. The van der Waals surface area contributed by atoms with Gasteiger partial charge in [0, 0.05) is 43.5 Å². The minimum Gasteiger partial charge on any atom is -0.465 e. The SMILES string of the molecule is COC(=O)c1ccc(C(=O)N2CCC(Cn3ccnc3C(C)C)CC2)cc1. The Bertz CT molecular complexity index is 787. The largest absolute Gasteiger partial charge is 0.465 e. The molecule has 0 bridgehead atoms. The molecule has 27 heavy (non-hydrogen) atoms. The normalized spacial score (nSPS) is 15.2. The van der Waals surface area contributed by atoms with Gasteiger partial charge < -0.3 is 14.2 Å². The number of aromatic nitrogens is 2. The number of esters is 1. The van der Waals surface area contributed by atoms with Gasteiger partial charge in [-0.25, -0.2) is 9.78 Å². The van der Waals surface area contributed by atoms with Gasteiger partial charge in [0.1, 0.15) is 5.82 Å². The van der Waals surface area contributed by atoms with Crippen LogP contribution in [0, 0.1) is 5.92 Å². The standard InChI is InChI=1S/C21H27N3O3/c1-15(2)19-22-10-13-24(19)14-16-8-11-23(12-9-16)20(25)17-4-6-18(7-5-17)21(26)27-3/h4-7,10,13,15-16H,8-9,11-12,14H2,1-3H3.